The van der Waals surface area contributed by atoms with Crippen LogP contribution in [0, 0.1) is 0 Å². The molecule has 0 aromatic carbocycles. The first-order valence-electron chi connectivity index (χ1n) is 5.12. The van der Waals surface area contributed by atoms with Crippen LogP contribution in [0.3, 0.4) is 0 Å². The number of nitrogens with zero attached hydrogens (tertiary/aromatic N) is 2. The Morgan fingerprint density at radius 1 is 1.53 bits per heavy atom. The molecule has 1 aromatic rings. The Morgan fingerprint density at radius 2 is 2.33 bits per heavy atom. The van der Waals surface area contributed by atoms with E-state index >= 15 is 0 Å². The Kier molecular flexibility index (Phi) is 4.83. The molecule has 0 aliphatic rings. The number of imidazole rings is 1. The van der Waals surface area contributed by atoms with Crippen molar-refractivity contribution in [3.63, 3.8) is 0 Å². The van der Waals surface area contributed by atoms with Gasteiger partial charge in [0.2, 0.25) is 5.91 Å². The average molecular weight is 210 g/mol. The van der Waals surface area contributed by atoms with Crippen molar-refractivity contribution in [1.29, 1.82) is 0 Å². The second-order valence-electron chi connectivity index (χ2n) is 3.60. The number of hydrogen-bond donors (Lipinski definition) is 2. The summed E-state index contributed by atoms with van der Waals surface area (Å²) in [6.07, 6.45) is 5.50. The zero-order valence-electron chi connectivity index (χ0n) is 9.23. The van der Waals surface area contributed by atoms with Crippen molar-refractivity contribution in [2.75, 3.05) is 13.1 Å². The van der Waals surface area contributed by atoms with Gasteiger partial charge < -0.3 is 15.2 Å². The molecule has 0 spiro atoms. The van der Waals surface area contributed by atoms with E-state index < -0.39 is 0 Å². The molecular weight excluding hydrogens is 192 g/mol. The summed E-state index contributed by atoms with van der Waals surface area (Å²) in [6.45, 7) is 5.97. The summed E-state index contributed by atoms with van der Waals surface area (Å²) in [5.41, 5.74) is 0. The highest BCUT2D eigenvalue weighted by molar-refractivity contribution is 5.72. The first-order chi connectivity index (χ1) is 7.18. The van der Waals surface area contributed by atoms with Gasteiger partial charge in [-0.05, 0) is 6.92 Å². The zero-order chi connectivity index (χ0) is 11.1. The van der Waals surface area contributed by atoms with Gasteiger partial charge in [-0.1, -0.05) is 0 Å². The minimum atomic E-state index is 0.0130. The molecule has 1 heterocycles. The molecule has 0 saturated heterocycles. The van der Waals surface area contributed by atoms with E-state index in [2.05, 4.69) is 22.5 Å². The maximum absolute atomic E-state index is 10.6. The van der Waals surface area contributed by atoms with Crippen LogP contribution in [0.2, 0.25) is 0 Å². The molecule has 0 aliphatic carbocycles. The highest BCUT2D eigenvalue weighted by Crippen LogP contribution is 1.90. The molecule has 5 heteroatoms. The number of amides is 1. The van der Waals surface area contributed by atoms with E-state index in [1.807, 2.05) is 10.8 Å². The minimum absolute atomic E-state index is 0.0130. The van der Waals surface area contributed by atoms with Crippen molar-refractivity contribution < 1.29 is 4.79 Å². The van der Waals surface area contributed by atoms with E-state index in [1.165, 1.54) is 6.92 Å². The second-order valence-corrected chi connectivity index (χ2v) is 3.60. The van der Waals surface area contributed by atoms with E-state index in [1.54, 1.807) is 12.5 Å². The summed E-state index contributed by atoms with van der Waals surface area (Å²) in [6, 6.07) is 0.368. The molecule has 1 atom stereocenters. The van der Waals surface area contributed by atoms with Crippen LogP contribution in [-0.4, -0.2) is 34.6 Å². The lowest BCUT2D eigenvalue weighted by Gasteiger charge is -2.14. The van der Waals surface area contributed by atoms with Gasteiger partial charge in [0.1, 0.15) is 0 Å². The average Bonchev–Trinajstić information content (AvgIpc) is 2.64. The summed E-state index contributed by atoms with van der Waals surface area (Å²) in [5, 5.41) is 6.05. The fraction of sp³-hybridized carbons (Fsp3) is 0.600. The summed E-state index contributed by atoms with van der Waals surface area (Å²) in [4.78, 5) is 14.6. The molecule has 1 aromatic heterocycles. The summed E-state index contributed by atoms with van der Waals surface area (Å²) in [7, 11) is 0. The fourth-order valence-corrected chi connectivity index (χ4v) is 1.33. The van der Waals surface area contributed by atoms with Crippen molar-refractivity contribution in [2.24, 2.45) is 0 Å². The molecule has 84 valence electrons. The molecule has 0 radical (unpaired) electrons. The second kappa shape index (κ2) is 6.19. The third-order valence-corrected chi connectivity index (χ3v) is 2.04. The number of carbonyl (C=O) groups is 1. The maximum Gasteiger partial charge on any atom is 0.216 e. The van der Waals surface area contributed by atoms with Crippen molar-refractivity contribution in [1.82, 2.24) is 20.2 Å². The van der Waals surface area contributed by atoms with Gasteiger partial charge in [0.25, 0.3) is 0 Å². The third-order valence-electron chi connectivity index (χ3n) is 2.04. The molecule has 1 unspecified atom stereocenters. The summed E-state index contributed by atoms with van der Waals surface area (Å²) >= 11 is 0. The van der Waals surface area contributed by atoms with Gasteiger partial charge in [-0.2, -0.15) is 0 Å². The standard InChI is InChI=1S/C10H18N4O/c1-9(7-14-6-5-11-8-14)12-3-4-13-10(2)15/h5-6,8-9,12H,3-4,7H2,1-2H3,(H,13,15). The fourth-order valence-electron chi connectivity index (χ4n) is 1.33. The molecule has 2 N–H and O–H groups in total. The molecule has 0 bridgehead atoms. The van der Waals surface area contributed by atoms with E-state index in [4.69, 9.17) is 0 Å². The molecular formula is C10H18N4O. The highest BCUT2D eigenvalue weighted by Gasteiger charge is 2.01. The van der Waals surface area contributed by atoms with Crippen molar-refractivity contribution in [3.8, 4) is 0 Å². The lowest BCUT2D eigenvalue weighted by molar-refractivity contribution is -0.118. The SMILES string of the molecule is CC(=O)NCCNC(C)Cn1ccnc1. The Hall–Kier alpha value is -1.36. The smallest absolute Gasteiger partial charge is 0.216 e. The van der Waals surface area contributed by atoms with Crippen LogP contribution in [0.1, 0.15) is 13.8 Å². The molecule has 5 nitrogen and oxygen atoms in total. The van der Waals surface area contributed by atoms with Gasteiger partial charge in [0.05, 0.1) is 6.33 Å². The van der Waals surface area contributed by atoms with Crippen LogP contribution in [0.15, 0.2) is 18.7 Å². The Morgan fingerprint density at radius 3 is 2.93 bits per heavy atom. The minimum Gasteiger partial charge on any atom is -0.355 e. The van der Waals surface area contributed by atoms with Crippen LogP contribution in [-0.2, 0) is 11.3 Å². The lowest BCUT2D eigenvalue weighted by atomic mass is 10.3. The third kappa shape index (κ3) is 5.17. The number of carbonyl (C=O) groups excluding carboxylic acids is 1. The van der Waals surface area contributed by atoms with Crippen LogP contribution < -0.4 is 10.6 Å². The van der Waals surface area contributed by atoms with Crippen molar-refractivity contribution in [2.45, 2.75) is 26.4 Å². The van der Waals surface area contributed by atoms with Crippen molar-refractivity contribution in [3.05, 3.63) is 18.7 Å². The number of aromatic nitrogens is 2. The molecule has 0 fully saturated rings. The largest absolute Gasteiger partial charge is 0.355 e. The molecule has 0 aliphatic heterocycles. The molecule has 15 heavy (non-hydrogen) atoms. The Labute approximate surface area is 89.9 Å². The summed E-state index contributed by atoms with van der Waals surface area (Å²) in [5.74, 6) is 0.0130. The van der Waals surface area contributed by atoms with Gasteiger partial charge in [-0.3, -0.25) is 4.79 Å². The zero-order valence-corrected chi connectivity index (χ0v) is 9.23. The van der Waals surface area contributed by atoms with Crippen LogP contribution >= 0.6 is 0 Å². The van der Waals surface area contributed by atoms with Gasteiger partial charge >= 0.3 is 0 Å². The van der Waals surface area contributed by atoms with Gasteiger partial charge in [-0.25, -0.2) is 4.98 Å². The van der Waals surface area contributed by atoms with Crippen molar-refractivity contribution >= 4 is 5.91 Å². The normalized spacial score (nSPS) is 12.4. The molecule has 1 amide bonds. The number of hydrogen-bond acceptors (Lipinski definition) is 3. The predicted molar refractivity (Wildman–Crippen MR) is 58.4 cm³/mol. The van der Waals surface area contributed by atoms with Crippen LogP contribution in [0.5, 0.6) is 0 Å². The Balaban J connectivity index is 2.08. The van der Waals surface area contributed by atoms with Gasteiger partial charge in [0, 0.05) is 45.0 Å². The maximum atomic E-state index is 10.6. The number of rotatable bonds is 6. The Bertz CT molecular complexity index is 284. The topological polar surface area (TPSA) is 59.0 Å². The van der Waals surface area contributed by atoms with Crippen LogP contribution in [0.4, 0.5) is 0 Å². The monoisotopic (exact) mass is 210 g/mol. The first-order valence-corrected chi connectivity index (χ1v) is 5.12. The van der Waals surface area contributed by atoms with E-state index in [0.29, 0.717) is 12.6 Å². The quantitative estimate of drug-likeness (QED) is 0.650. The van der Waals surface area contributed by atoms with Crippen LogP contribution in [0.25, 0.3) is 0 Å². The van der Waals surface area contributed by atoms with E-state index in [9.17, 15) is 4.79 Å². The molecule has 1 rings (SSSR count). The van der Waals surface area contributed by atoms with E-state index in [-0.39, 0.29) is 5.91 Å². The summed E-state index contributed by atoms with van der Waals surface area (Å²) < 4.78 is 2.02. The van der Waals surface area contributed by atoms with E-state index in [0.717, 1.165) is 13.1 Å². The number of nitrogens with one attached hydrogen (secondary N) is 2. The van der Waals surface area contributed by atoms with Gasteiger partial charge in [-0.15, -0.1) is 0 Å². The molecule has 0 saturated carbocycles. The first kappa shape index (κ1) is 11.7. The predicted octanol–water partition coefficient (Wildman–Crippen LogP) is -0.00270. The highest BCUT2D eigenvalue weighted by atomic mass is 16.1. The van der Waals surface area contributed by atoms with Gasteiger partial charge in [0.15, 0.2) is 0 Å². The lowest BCUT2D eigenvalue weighted by Crippen LogP contribution is -2.36.